The topological polar surface area (TPSA) is 70.0 Å². The van der Waals surface area contributed by atoms with Crippen LogP contribution in [0.15, 0.2) is 30.3 Å². The Morgan fingerprint density at radius 2 is 2.10 bits per heavy atom. The van der Waals surface area contributed by atoms with Crippen LogP contribution < -0.4 is 0 Å². The Bertz CT molecular complexity index is 492. The van der Waals surface area contributed by atoms with Crippen LogP contribution in [0.5, 0.6) is 0 Å². The first-order valence-electron chi connectivity index (χ1n) is 7.49. The Labute approximate surface area is 124 Å². The second kappa shape index (κ2) is 6.13. The number of fused-ring (bicyclic) bond motifs is 1. The molecule has 5 nitrogen and oxygen atoms in total. The van der Waals surface area contributed by atoms with Gasteiger partial charge in [0, 0.05) is 6.54 Å². The zero-order chi connectivity index (χ0) is 14.8. The molecule has 1 saturated heterocycles. The minimum absolute atomic E-state index is 0.150. The van der Waals surface area contributed by atoms with Gasteiger partial charge >= 0.3 is 5.97 Å². The van der Waals surface area contributed by atoms with E-state index >= 15 is 0 Å². The number of carboxylic acids is 1. The fraction of sp³-hybridized carbons (Fsp3) is 0.562. The molecule has 0 radical (unpaired) electrons. The van der Waals surface area contributed by atoms with E-state index in [0.29, 0.717) is 12.5 Å². The van der Waals surface area contributed by atoms with E-state index < -0.39 is 18.4 Å². The van der Waals surface area contributed by atoms with Crippen LogP contribution in [-0.2, 0) is 16.1 Å². The van der Waals surface area contributed by atoms with Crippen molar-refractivity contribution in [1.29, 1.82) is 0 Å². The number of carboxylic acid groups (broad SMARTS) is 1. The number of aliphatic carboxylic acids is 1. The van der Waals surface area contributed by atoms with Crippen molar-refractivity contribution in [2.45, 2.75) is 38.3 Å². The molecule has 21 heavy (non-hydrogen) atoms. The van der Waals surface area contributed by atoms with Gasteiger partial charge < -0.3 is 14.9 Å². The predicted molar refractivity (Wildman–Crippen MR) is 76.2 cm³/mol. The van der Waals surface area contributed by atoms with Crippen LogP contribution in [0.25, 0.3) is 0 Å². The minimum Gasteiger partial charge on any atom is -0.480 e. The van der Waals surface area contributed by atoms with E-state index in [0.717, 1.165) is 24.8 Å². The molecule has 1 aromatic rings. The average molecular weight is 291 g/mol. The molecule has 2 fully saturated rings. The van der Waals surface area contributed by atoms with Gasteiger partial charge in [0.15, 0.2) is 0 Å². The molecule has 4 unspecified atom stereocenters. The number of ether oxygens (including phenoxy) is 1. The van der Waals surface area contributed by atoms with Crippen LogP contribution >= 0.6 is 0 Å². The zero-order valence-electron chi connectivity index (χ0n) is 11.9. The number of aliphatic hydroxyl groups excluding tert-OH is 1. The standard InChI is InChI=1S/C16H21NO4/c18-15(19)14-13-8-4-7-12(13)9-17(14)16(20)21-10-11-5-2-1-3-6-11/h1-3,5-6,12-14,16,20H,4,7-10H2,(H,18,19). The predicted octanol–water partition coefficient (Wildman–Crippen LogP) is 1.66. The Hall–Kier alpha value is -1.43. The van der Waals surface area contributed by atoms with Crippen LogP contribution in [0.1, 0.15) is 24.8 Å². The maximum Gasteiger partial charge on any atom is 0.321 e. The molecule has 114 valence electrons. The highest BCUT2D eigenvalue weighted by Crippen LogP contribution is 2.42. The summed E-state index contributed by atoms with van der Waals surface area (Å²) in [5.74, 6) is -0.328. The van der Waals surface area contributed by atoms with E-state index in [4.69, 9.17) is 4.74 Å². The van der Waals surface area contributed by atoms with Gasteiger partial charge in [-0.2, -0.15) is 0 Å². The van der Waals surface area contributed by atoms with Gasteiger partial charge in [0.05, 0.1) is 6.61 Å². The van der Waals surface area contributed by atoms with Crippen LogP contribution in [0.2, 0.25) is 0 Å². The largest absolute Gasteiger partial charge is 0.480 e. The van der Waals surface area contributed by atoms with Gasteiger partial charge in [-0.15, -0.1) is 0 Å². The van der Waals surface area contributed by atoms with Gasteiger partial charge in [0.1, 0.15) is 6.04 Å². The van der Waals surface area contributed by atoms with Crippen molar-refractivity contribution >= 4 is 5.97 Å². The van der Waals surface area contributed by atoms with Crippen LogP contribution in [0.4, 0.5) is 0 Å². The van der Waals surface area contributed by atoms with E-state index in [1.807, 2.05) is 30.3 Å². The molecule has 3 rings (SSSR count). The smallest absolute Gasteiger partial charge is 0.321 e. The Kier molecular flexibility index (Phi) is 4.24. The molecule has 0 bridgehead atoms. The van der Waals surface area contributed by atoms with Crippen LogP contribution in [0.3, 0.4) is 0 Å². The van der Waals surface area contributed by atoms with Crippen molar-refractivity contribution in [2.24, 2.45) is 11.8 Å². The maximum absolute atomic E-state index is 11.5. The molecule has 2 N–H and O–H groups in total. The summed E-state index contributed by atoms with van der Waals surface area (Å²) in [4.78, 5) is 13.1. The number of carbonyl (C=O) groups is 1. The van der Waals surface area contributed by atoms with Gasteiger partial charge in [-0.1, -0.05) is 36.8 Å². The molecule has 0 spiro atoms. The van der Waals surface area contributed by atoms with E-state index in [1.165, 1.54) is 0 Å². The SMILES string of the molecule is O=C(O)C1C2CCCC2CN1C(O)OCc1ccccc1. The van der Waals surface area contributed by atoms with Gasteiger partial charge in [-0.25, -0.2) is 4.90 Å². The lowest BCUT2D eigenvalue weighted by Gasteiger charge is -2.28. The number of hydrogen-bond acceptors (Lipinski definition) is 4. The number of rotatable bonds is 5. The van der Waals surface area contributed by atoms with Crippen LogP contribution in [0, 0.1) is 11.8 Å². The summed E-state index contributed by atoms with van der Waals surface area (Å²) in [6.45, 7) is 0.887. The van der Waals surface area contributed by atoms with Gasteiger partial charge in [0.25, 0.3) is 0 Å². The fourth-order valence-electron chi connectivity index (χ4n) is 3.73. The van der Waals surface area contributed by atoms with E-state index in [1.54, 1.807) is 4.90 Å². The summed E-state index contributed by atoms with van der Waals surface area (Å²) < 4.78 is 5.48. The van der Waals surface area contributed by atoms with Crippen molar-refractivity contribution in [2.75, 3.05) is 6.54 Å². The van der Waals surface area contributed by atoms with E-state index in [9.17, 15) is 15.0 Å². The molecule has 1 heterocycles. The first kappa shape index (κ1) is 14.5. The summed E-state index contributed by atoms with van der Waals surface area (Å²) in [6, 6.07) is 8.95. The van der Waals surface area contributed by atoms with Crippen molar-refractivity contribution in [1.82, 2.24) is 4.90 Å². The highest BCUT2D eigenvalue weighted by molar-refractivity contribution is 5.74. The van der Waals surface area contributed by atoms with Gasteiger partial charge in [-0.05, 0) is 30.2 Å². The molecule has 4 atom stereocenters. The van der Waals surface area contributed by atoms with E-state index in [-0.39, 0.29) is 12.5 Å². The zero-order valence-corrected chi connectivity index (χ0v) is 11.9. The number of likely N-dealkylation sites (tertiary alicyclic amines) is 1. The summed E-state index contributed by atoms with van der Waals surface area (Å²) in [5, 5.41) is 19.7. The molecule has 1 aliphatic carbocycles. The maximum atomic E-state index is 11.5. The number of hydrogen-bond donors (Lipinski definition) is 2. The highest BCUT2D eigenvalue weighted by Gasteiger charge is 2.49. The molecule has 1 aromatic carbocycles. The highest BCUT2D eigenvalue weighted by atomic mass is 16.6. The lowest BCUT2D eigenvalue weighted by molar-refractivity contribution is -0.211. The second-order valence-corrected chi connectivity index (χ2v) is 5.96. The molecule has 2 aliphatic rings. The molecule has 0 amide bonds. The number of benzene rings is 1. The molecule has 0 aromatic heterocycles. The molecular formula is C16H21NO4. The fourth-order valence-corrected chi connectivity index (χ4v) is 3.73. The third-order valence-electron chi connectivity index (χ3n) is 4.70. The molecule has 5 heteroatoms. The van der Waals surface area contributed by atoms with Crippen LogP contribution in [-0.4, -0.2) is 40.1 Å². The lowest BCUT2D eigenvalue weighted by atomic mass is 9.94. The number of aliphatic hydroxyl groups is 1. The van der Waals surface area contributed by atoms with Gasteiger partial charge in [0.2, 0.25) is 6.41 Å². The first-order valence-corrected chi connectivity index (χ1v) is 7.49. The van der Waals surface area contributed by atoms with Crippen molar-refractivity contribution in [3.05, 3.63) is 35.9 Å². The lowest BCUT2D eigenvalue weighted by Crippen LogP contribution is -2.46. The summed E-state index contributed by atoms with van der Waals surface area (Å²) >= 11 is 0. The Morgan fingerprint density at radius 3 is 2.81 bits per heavy atom. The summed E-state index contributed by atoms with van der Waals surface area (Å²) in [6.07, 6.45) is 1.92. The Balaban J connectivity index is 1.63. The molecule has 1 saturated carbocycles. The van der Waals surface area contributed by atoms with Gasteiger partial charge in [-0.3, -0.25) is 4.79 Å². The summed E-state index contributed by atoms with van der Waals surface area (Å²) in [7, 11) is 0. The average Bonchev–Trinajstić information content (AvgIpc) is 3.05. The van der Waals surface area contributed by atoms with Crippen molar-refractivity contribution < 1.29 is 19.7 Å². The third-order valence-corrected chi connectivity index (χ3v) is 4.70. The summed E-state index contributed by atoms with van der Waals surface area (Å²) in [5.41, 5.74) is 0.961. The monoisotopic (exact) mass is 291 g/mol. The Morgan fingerprint density at radius 1 is 1.33 bits per heavy atom. The normalized spacial score (nSPS) is 30.2. The quantitative estimate of drug-likeness (QED) is 0.808. The van der Waals surface area contributed by atoms with E-state index in [2.05, 4.69) is 0 Å². The van der Waals surface area contributed by atoms with Crippen molar-refractivity contribution in [3.63, 3.8) is 0 Å². The third kappa shape index (κ3) is 2.95. The van der Waals surface area contributed by atoms with Crippen molar-refractivity contribution in [3.8, 4) is 0 Å². The first-order chi connectivity index (χ1) is 10.2. The molecule has 1 aliphatic heterocycles. The number of nitrogens with zero attached hydrogens (tertiary/aromatic N) is 1. The molecular weight excluding hydrogens is 270 g/mol. The second-order valence-electron chi connectivity index (χ2n) is 5.96. The minimum atomic E-state index is -1.16.